The van der Waals surface area contributed by atoms with Gasteiger partial charge in [0.15, 0.2) is 0 Å². The lowest BCUT2D eigenvalue weighted by atomic mass is 9.82. The fraction of sp³-hybridized carbons (Fsp3) is 0.412. The summed E-state index contributed by atoms with van der Waals surface area (Å²) in [6, 6.07) is 9.16. The lowest BCUT2D eigenvalue weighted by Crippen LogP contribution is -2.37. The molecule has 21 heavy (non-hydrogen) atoms. The summed E-state index contributed by atoms with van der Waals surface area (Å²) >= 11 is 0. The van der Waals surface area contributed by atoms with Crippen LogP contribution in [0, 0.1) is 10.1 Å². The van der Waals surface area contributed by atoms with Gasteiger partial charge in [0, 0.05) is 16.9 Å². The Morgan fingerprint density at radius 2 is 2.00 bits per heavy atom. The number of rotatable bonds is 6. The molecule has 0 heterocycles. The molecule has 1 aliphatic carbocycles. The third-order valence-electron chi connectivity index (χ3n) is 3.98. The summed E-state index contributed by atoms with van der Waals surface area (Å²) in [4.78, 5) is 11.1. The molecule has 0 saturated carbocycles. The summed E-state index contributed by atoms with van der Waals surface area (Å²) in [5.41, 5.74) is -0.0577. The second-order valence-electron chi connectivity index (χ2n) is 5.51. The van der Waals surface area contributed by atoms with E-state index in [0.717, 1.165) is 24.8 Å². The van der Waals surface area contributed by atoms with Gasteiger partial charge in [-0.3, -0.25) is 10.1 Å². The predicted octanol–water partition coefficient (Wildman–Crippen LogP) is 4.92. The number of allylic oxidation sites excluding steroid dienone is 2. The molecule has 0 fully saturated rings. The summed E-state index contributed by atoms with van der Waals surface area (Å²) in [6.45, 7) is 2.05. The molecule has 0 saturated heterocycles. The van der Waals surface area contributed by atoms with Crippen LogP contribution in [0.15, 0.2) is 48.3 Å². The van der Waals surface area contributed by atoms with E-state index in [1.54, 1.807) is 12.2 Å². The van der Waals surface area contributed by atoms with Crippen molar-refractivity contribution in [3.05, 3.63) is 64.0 Å². The molecule has 1 aromatic carbocycles. The normalized spacial score (nSPS) is 21.6. The van der Waals surface area contributed by atoms with Crippen LogP contribution in [0.2, 0.25) is 0 Å². The van der Waals surface area contributed by atoms with Crippen molar-refractivity contribution >= 4 is 5.57 Å². The maximum atomic E-state index is 14.4. The van der Waals surface area contributed by atoms with Crippen LogP contribution < -0.4 is 0 Å². The summed E-state index contributed by atoms with van der Waals surface area (Å²) in [7, 11) is 0. The Balaban J connectivity index is 2.23. The Bertz CT molecular complexity index is 565. The number of halogens is 1. The molecule has 112 valence electrons. The van der Waals surface area contributed by atoms with Crippen LogP contribution in [0.5, 0.6) is 0 Å². The van der Waals surface area contributed by atoms with Crippen molar-refractivity contribution in [2.24, 2.45) is 0 Å². The highest BCUT2D eigenvalue weighted by Crippen LogP contribution is 2.37. The van der Waals surface area contributed by atoms with Crippen LogP contribution in [0.3, 0.4) is 0 Å². The van der Waals surface area contributed by atoms with Gasteiger partial charge in [-0.15, -0.1) is 0 Å². The van der Waals surface area contributed by atoms with E-state index in [1.807, 2.05) is 37.3 Å². The average Bonchev–Trinajstić information content (AvgIpc) is 2.48. The quantitative estimate of drug-likeness (QED) is 0.423. The molecule has 2 rings (SSSR count). The molecule has 1 unspecified atom stereocenters. The minimum atomic E-state index is -1.28. The van der Waals surface area contributed by atoms with Gasteiger partial charge in [0.1, 0.15) is 5.83 Å². The molecule has 1 atom stereocenters. The van der Waals surface area contributed by atoms with Gasteiger partial charge >= 0.3 is 0 Å². The highest BCUT2D eigenvalue weighted by Gasteiger charge is 2.43. The number of benzene rings is 1. The van der Waals surface area contributed by atoms with Crippen LogP contribution in [-0.4, -0.2) is 10.5 Å². The molecule has 0 bridgehead atoms. The van der Waals surface area contributed by atoms with Crippen LogP contribution in [0.1, 0.15) is 44.6 Å². The molecular weight excluding hydrogens is 269 g/mol. The SMILES string of the molecule is CCCCCC1([N+](=O)[O-])C=CC(c2ccccc2)=C(F)C1. The van der Waals surface area contributed by atoms with Crippen molar-refractivity contribution in [2.45, 2.75) is 44.6 Å². The van der Waals surface area contributed by atoms with Gasteiger partial charge in [-0.2, -0.15) is 0 Å². The third-order valence-corrected chi connectivity index (χ3v) is 3.98. The first-order chi connectivity index (χ1) is 10.1. The molecule has 3 nitrogen and oxygen atoms in total. The van der Waals surface area contributed by atoms with Crippen molar-refractivity contribution in [1.29, 1.82) is 0 Å². The van der Waals surface area contributed by atoms with Gasteiger partial charge < -0.3 is 0 Å². The Labute approximate surface area is 124 Å². The minimum absolute atomic E-state index is 0.148. The molecule has 0 aromatic heterocycles. The van der Waals surface area contributed by atoms with Gasteiger partial charge in [0.2, 0.25) is 5.54 Å². The molecule has 1 aliphatic rings. The summed E-state index contributed by atoms with van der Waals surface area (Å²) in [6.07, 6.45) is 6.06. The predicted molar refractivity (Wildman–Crippen MR) is 82.1 cm³/mol. The van der Waals surface area contributed by atoms with E-state index in [4.69, 9.17) is 0 Å². The zero-order chi connectivity index (χ0) is 15.3. The second-order valence-corrected chi connectivity index (χ2v) is 5.51. The van der Waals surface area contributed by atoms with Gasteiger partial charge in [0.05, 0.1) is 6.42 Å². The molecule has 4 heteroatoms. The van der Waals surface area contributed by atoms with E-state index < -0.39 is 11.4 Å². The van der Waals surface area contributed by atoms with E-state index in [-0.39, 0.29) is 11.3 Å². The van der Waals surface area contributed by atoms with E-state index in [9.17, 15) is 14.5 Å². The smallest absolute Gasteiger partial charge is 0.246 e. The maximum Gasteiger partial charge on any atom is 0.246 e. The van der Waals surface area contributed by atoms with Gasteiger partial charge in [-0.25, -0.2) is 4.39 Å². The largest absolute Gasteiger partial charge is 0.264 e. The lowest BCUT2D eigenvalue weighted by molar-refractivity contribution is -0.556. The average molecular weight is 289 g/mol. The topological polar surface area (TPSA) is 43.1 Å². The molecule has 0 aliphatic heterocycles. The van der Waals surface area contributed by atoms with E-state index in [0.29, 0.717) is 12.0 Å². The number of hydrogen-bond donors (Lipinski definition) is 0. The third kappa shape index (κ3) is 3.38. The van der Waals surface area contributed by atoms with Crippen molar-refractivity contribution < 1.29 is 9.31 Å². The maximum absolute atomic E-state index is 14.4. The highest BCUT2D eigenvalue weighted by molar-refractivity contribution is 5.77. The highest BCUT2D eigenvalue weighted by atomic mass is 19.1. The Morgan fingerprint density at radius 1 is 1.29 bits per heavy atom. The molecule has 0 spiro atoms. The number of unbranched alkanes of at least 4 members (excludes halogenated alkanes) is 2. The lowest BCUT2D eigenvalue weighted by Gasteiger charge is -2.25. The molecule has 1 aromatic rings. The monoisotopic (exact) mass is 289 g/mol. The first-order valence-corrected chi connectivity index (χ1v) is 7.37. The molecule has 0 N–H and O–H groups in total. The van der Waals surface area contributed by atoms with Gasteiger partial charge in [0.25, 0.3) is 0 Å². The molecule has 0 amide bonds. The summed E-state index contributed by atoms with van der Waals surface area (Å²) in [5.74, 6) is -0.392. The minimum Gasteiger partial charge on any atom is -0.264 e. The number of hydrogen-bond acceptors (Lipinski definition) is 2. The van der Waals surface area contributed by atoms with Gasteiger partial charge in [-0.1, -0.05) is 50.1 Å². The first kappa shape index (κ1) is 15.4. The first-order valence-electron chi connectivity index (χ1n) is 7.37. The summed E-state index contributed by atoms with van der Waals surface area (Å²) in [5, 5.41) is 11.4. The van der Waals surface area contributed by atoms with E-state index in [1.165, 1.54) is 0 Å². The Kier molecular flexibility index (Phi) is 4.89. The molecular formula is C17H20FNO2. The fourth-order valence-corrected chi connectivity index (χ4v) is 2.69. The van der Waals surface area contributed by atoms with Crippen molar-refractivity contribution in [3.8, 4) is 0 Å². The van der Waals surface area contributed by atoms with E-state index >= 15 is 0 Å². The Hall–Kier alpha value is -1.97. The van der Waals surface area contributed by atoms with Crippen molar-refractivity contribution in [3.63, 3.8) is 0 Å². The van der Waals surface area contributed by atoms with Gasteiger partial charge in [-0.05, 0) is 24.1 Å². The van der Waals surface area contributed by atoms with Crippen molar-refractivity contribution in [2.75, 3.05) is 0 Å². The standard InChI is InChI=1S/C17H20FNO2/c1-2-3-7-11-17(19(20)21)12-10-15(16(18)13-17)14-8-5-4-6-9-14/h4-6,8-10,12H,2-3,7,11,13H2,1H3. The molecule has 0 radical (unpaired) electrons. The number of nitrogens with zero attached hydrogens (tertiary/aromatic N) is 1. The van der Waals surface area contributed by atoms with E-state index in [2.05, 4.69) is 0 Å². The second kappa shape index (κ2) is 6.66. The number of nitro groups is 1. The van der Waals surface area contributed by atoms with Crippen molar-refractivity contribution in [1.82, 2.24) is 0 Å². The summed E-state index contributed by atoms with van der Waals surface area (Å²) < 4.78 is 14.4. The van der Waals surface area contributed by atoms with Crippen LogP contribution in [0.25, 0.3) is 5.57 Å². The zero-order valence-electron chi connectivity index (χ0n) is 12.2. The van der Waals surface area contributed by atoms with Crippen LogP contribution in [0.4, 0.5) is 4.39 Å². The fourth-order valence-electron chi connectivity index (χ4n) is 2.69. The van der Waals surface area contributed by atoms with Crippen LogP contribution >= 0.6 is 0 Å². The van der Waals surface area contributed by atoms with Crippen LogP contribution in [-0.2, 0) is 0 Å². The Morgan fingerprint density at radius 3 is 2.57 bits per heavy atom. The zero-order valence-corrected chi connectivity index (χ0v) is 12.2.